The maximum absolute atomic E-state index is 11.9. The van der Waals surface area contributed by atoms with Gasteiger partial charge in [-0.05, 0) is 24.1 Å². The quantitative estimate of drug-likeness (QED) is 0.771. The van der Waals surface area contributed by atoms with E-state index in [0.717, 1.165) is 46.3 Å². The van der Waals surface area contributed by atoms with Crippen LogP contribution in [0.5, 0.6) is 0 Å². The fourth-order valence-electron chi connectivity index (χ4n) is 3.07. The summed E-state index contributed by atoms with van der Waals surface area (Å²) in [4.78, 5) is 22.8. The molecule has 126 valence electrons. The van der Waals surface area contributed by atoms with Gasteiger partial charge in [-0.3, -0.25) is 9.69 Å². The number of aromatic nitrogens is 2. The van der Waals surface area contributed by atoms with E-state index in [-0.39, 0.29) is 5.91 Å². The van der Waals surface area contributed by atoms with Crippen molar-refractivity contribution in [3.63, 3.8) is 0 Å². The number of anilines is 2. The zero-order valence-electron chi connectivity index (χ0n) is 13.9. The molecule has 1 N–H and O–H groups in total. The lowest BCUT2D eigenvalue weighted by molar-refractivity contribution is -0.117. The number of nitrogens with zero attached hydrogens (tertiary/aromatic N) is 3. The minimum absolute atomic E-state index is 0.155. The van der Waals surface area contributed by atoms with Crippen molar-refractivity contribution in [1.82, 2.24) is 9.97 Å². The highest BCUT2D eigenvalue weighted by Gasteiger charge is 2.22. The number of thiazole rings is 1. The van der Waals surface area contributed by atoms with Crippen molar-refractivity contribution in [1.29, 1.82) is 0 Å². The number of hydrogen-bond donors (Lipinski definition) is 1. The van der Waals surface area contributed by atoms with Crippen LogP contribution in [0.4, 0.5) is 10.9 Å². The minimum Gasteiger partial charge on any atom is -0.365 e. The Kier molecular flexibility index (Phi) is 4.19. The SMILES string of the molecule is CNc1nc(-c2ccccc2-c2ccc(N3CCCC3=O)nc2)cs1. The summed E-state index contributed by atoms with van der Waals surface area (Å²) in [6.45, 7) is 0.757. The van der Waals surface area contributed by atoms with Gasteiger partial charge in [0.2, 0.25) is 5.91 Å². The third-order valence-electron chi connectivity index (χ3n) is 4.33. The zero-order chi connectivity index (χ0) is 17.2. The van der Waals surface area contributed by atoms with Crippen LogP contribution < -0.4 is 10.2 Å². The van der Waals surface area contributed by atoms with Gasteiger partial charge < -0.3 is 5.32 Å². The van der Waals surface area contributed by atoms with E-state index in [0.29, 0.717) is 6.42 Å². The molecule has 0 unspecified atom stereocenters. The Balaban J connectivity index is 1.69. The normalized spacial score (nSPS) is 14.1. The maximum Gasteiger partial charge on any atom is 0.228 e. The Morgan fingerprint density at radius 2 is 2.00 bits per heavy atom. The van der Waals surface area contributed by atoms with E-state index < -0.39 is 0 Å². The highest BCUT2D eigenvalue weighted by atomic mass is 32.1. The highest BCUT2D eigenvalue weighted by Crippen LogP contribution is 2.34. The minimum atomic E-state index is 0.155. The molecule has 0 aliphatic carbocycles. The number of amides is 1. The van der Waals surface area contributed by atoms with E-state index in [1.807, 2.05) is 37.5 Å². The molecule has 0 radical (unpaired) electrons. The smallest absolute Gasteiger partial charge is 0.228 e. The van der Waals surface area contributed by atoms with Crippen molar-refractivity contribution in [2.24, 2.45) is 0 Å². The molecule has 1 amide bonds. The monoisotopic (exact) mass is 350 g/mol. The molecule has 1 saturated heterocycles. The topological polar surface area (TPSA) is 58.1 Å². The molecule has 1 aromatic carbocycles. The lowest BCUT2D eigenvalue weighted by Gasteiger charge is -2.15. The first-order valence-electron chi connectivity index (χ1n) is 8.26. The van der Waals surface area contributed by atoms with Crippen molar-refractivity contribution >= 4 is 28.2 Å². The van der Waals surface area contributed by atoms with Gasteiger partial charge in [0.15, 0.2) is 5.13 Å². The Bertz CT molecular complexity index is 904. The Labute approximate surface area is 150 Å². The molecule has 1 aliphatic heterocycles. The molecule has 25 heavy (non-hydrogen) atoms. The van der Waals surface area contributed by atoms with E-state index >= 15 is 0 Å². The zero-order valence-corrected chi connectivity index (χ0v) is 14.7. The van der Waals surface area contributed by atoms with Crippen molar-refractivity contribution in [2.45, 2.75) is 12.8 Å². The summed E-state index contributed by atoms with van der Waals surface area (Å²) in [5, 5.41) is 6.02. The van der Waals surface area contributed by atoms with Crippen LogP contribution in [0, 0.1) is 0 Å². The molecule has 0 saturated carbocycles. The molecule has 3 heterocycles. The molecule has 5 nitrogen and oxygen atoms in total. The third kappa shape index (κ3) is 3.00. The summed E-state index contributed by atoms with van der Waals surface area (Å²) in [6.07, 6.45) is 3.36. The second-order valence-electron chi connectivity index (χ2n) is 5.89. The van der Waals surface area contributed by atoms with Crippen molar-refractivity contribution in [2.75, 3.05) is 23.8 Å². The number of hydrogen-bond acceptors (Lipinski definition) is 5. The molecule has 6 heteroatoms. The van der Waals surface area contributed by atoms with Crippen LogP contribution in [0.1, 0.15) is 12.8 Å². The second kappa shape index (κ2) is 6.64. The van der Waals surface area contributed by atoms with Gasteiger partial charge >= 0.3 is 0 Å². The van der Waals surface area contributed by atoms with Gasteiger partial charge in [0.1, 0.15) is 5.82 Å². The number of carbonyl (C=O) groups excluding carboxylic acids is 1. The van der Waals surface area contributed by atoms with Crippen LogP contribution >= 0.6 is 11.3 Å². The summed E-state index contributed by atoms with van der Waals surface area (Å²) in [6, 6.07) is 12.1. The van der Waals surface area contributed by atoms with E-state index in [1.54, 1.807) is 16.2 Å². The van der Waals surface area contributed by atoms with Gasteiger partial charge in [0, 0.05) is 42.7 Å². The van der Waals surface area contributed by atoms with E-state index in [2.05, 4.69) is 32.8 Å². The average Bonchev–Trinajstić information content (AvgIpc) is 3.31. The van der Waals surface area contributed by atoms with Gasteiger partial charge in [0.25, 0.3) is 0 Å². The lowest BCUT2D eigenvalue weighted by Crippen LogP contribution is -2.24. The molecule has 2 aromatic heterocycles. The first-order valence-corrected chi connectivity index (χ1v) is 9.14. The van der Waals surface area contributed by atoms with Gasteiger partial charge in [-0.25, -0.2) is 9.97 Å². The van der Waals surface area contributed by atoms with Gasteiger partial charge in [-0.1, -0.05) is 24.3 Å². The van der Waals surface area contributed by atoms with Crippen molar-refractivity contribution in [3.05, 3.63) is 48.0 Å². The van der Waals surface area contributed by atoms with Gasteiger partial charge in [-0.2, -0.15) is 0 Å². The molecule has 1 aliphatic rings. The number of pyridine rings is 1. The van der Waals surface area contributed by atoms with Gasteiger partial charge in [0.05, 0.1) is 5.69 Å². The van der Waals surface area contributed by atoms with E-state index in [4.69, 9.17) is 0 Å². The molecule has 1 fully saturated rings. The lowest BCUT2D eigenvalue weighted by atomic mass is 9.99. The Morgan fingerprint density at radius 1 is 1.16 bits per heavy atom. The molecule has 0 atom stereocenters. The van der Waals surface area contributed by atoms with Crippen LogP contribution in [0.3, 0.4) is 0 Å². The standard InChI is InChI=1S/C19H18N4OS/c1-20-19-22-16(12-25-19)15-6-3-2-5-14(15)13-8-9-17(21-11-13)23-10-4-7-18(23)24/h2-3,5-6,8-9,11-12H,4,7,10H2,1H3,(H,20,22). The summed E-state index contributed by atoms with van der Waals surface area (Å²) < 4.78 is 0. The van der Waals surface area contributed by atoms with Crippen molar-refractivity contribution in [3.8, 4) is 22.4 Å². The van der Waals surface area contributed by atoms with Crippen LogP contribution in [-0.2, 0) is 4.79 Å². The van der Waals surface area contributed by atoms with Crippen LogP contribution in [0.2, 0.25) is 0 Å². The molecule has 3 aromatic rings. The van der Waals surface area contributed by atoms with E-state index in [9.17, 15) is 4.79 Å². The van der Waals surface area contributed by atoms with E-state index in [1.165, 1.54) is 0 Å². The summed E-state index contributed by atoms with van der Waals surface area (Å²) in [5.74, 6) is 0.887. The summed E-state index contributed by atoms with van der Waals surface area (Å²) in [7, 11) is 1.87. The fourth-order valence-corrected chi connectivity index (χ4v) is 3.74. The molecule has 0 bridgehead atoms. The predicted octanol–water partition coefficient (Wildman–Crippen LogP) is 4.04. The third-order valence-corrected chi connectivity index (χ3v) is 5.19. The summed E-state index contributed by atoms with van der Waals surface area (Å²) >= 11 is 1.59. The second-order valence-corrected chi connectivity index (χ2v) is 6.75. The molecular formula is C19H18N4OS. The fraction of sp³-hybridized carbons (Fsp3) is 0.211. The first-order chi connectivity index (χ1) is 12.3. The highest BCUT2D eigenvalue weighted by molar-refractivity contribution is 7.14. The predicted molar refractivity (Wildman–Crippen MR) is 102 cm³/mol. The van der Waals surface area contributed by atoms with Gasteiger partial charge in [-0.15, -0.1) is 11.3 Å². The Morgan fingerprint density at radius 3 is 2.64 bits per heavy atom. The van der Waals surface area contributed by atoms with Crippen LogP contribution in [0.25, 0.3) is 22.4 Å². The molecule has 4 rings (SSSR count). The average molecular weight is 350 g/mol. The maximum atomic E-state index is 11.9. The number of nitrogens with one attached hydrogen (secondary N) is 1. The Hall–Kier alpha value is -2.73. The first kappa shape index (κ1) is 15.8. The molecule has 0 spiro atoms. The van der Waals surface area contributed by atoms with Crippen molar-refractivity contribution < 1.29 is 4.79 Å². The number of carbonyl (C=O) groups is 1. The summed E-state index contributed by atoms with van der Waals surface area (Å²) in [5.41, 5.74) is 4.13. The van der Waals surface area contributed by atoms with Crippen LogP contribution in [0.15, 0.2) is 48.0 Å². The number of rotatable bonds is 4. The number of benzene rings is 1. The van der Waals surface area contributed by atoms with Crippen LogP contribution in [-0.4, -0.2) is 29.5 Å². The molecular weight excluding hydrogens is 332 g/mol. The largest absolute Gasteiger partial charge is 0.365 e.